The van der Waals surface area contributed by atoms with Crippen LogP contribution in [0.1, 0.15) is 39.0 Å². The maximum atomic E-state index is 11.7. The fourth-order valence-corrected chi connectivity index (χ4v) is 3.89. The van der Waals surface area contributed by atoms with E-state index in [0.717, 1.165) is 19.1 Å². The molecule has 2 saturated carbocycles. The number of rotatable bonds is 3. The van der Waals surface area contributed by atoms with E-state index in [9.17, 15) is 4.79 Å². The van der Waals surface area contributed by atoms with E-state index in [2.05, 4.69) is 4.90 Å². The number of ether oxygens (including phenoxy) is 1. The number of hydrogen-bond donors (Lipinski definition) is 0. The molecule has 0 aromatic carbocycles. The van der Waals surface area contributed by atoms with Gasteiger partial charge in [-0.2, -0.15) is 0 Å². The summed E-state index contributed by atoms with van der Waals surface area (Å²) < 4.78 is 5.13. The van der Waals surface area contributed by atoms with E-state index in [0.29, 0.717) is 18.4 Å². The average molecular weight is 237 g/mol. The van der Waals surface area contributed by atoms with E-state index in [1.807, 2.05) is 6.92 Å². The summed E-state index contributed by atoms with van der Waals surface area (Å²) in [6.45, 7) is 4.73. The molecule has 1 saturated heterocycles. The van der Waals surface area contributed by atoms with Crippen LogP contribution >= 0.6 is 0 Å². The second-order valence-corrected chi connectivity index (χ2v) is 5.85. The van der Waals surface area contributed by atoms with Crippen LogP contribution in [0.4, 0.5) is 0 Å². The molecule has 96 valence electrons. The van der Waals surface area contributed by atoms with Crippen LogP contribution in [-0.4, -0.2) is 36.6 Å². The minimum Gasteiger partial charge on any atom is -0.466 e. The van der Waals surface area contributed by atoms with Crippen molar-refractivity contribution >= 4 is 5.97 Å². The first-order chi connectivity index (χ1) is 8.31. The molecule has 0 radical (unpaired) electrons. The van der Waals surface area contributed by atoms with Gasteiger partial charge in [-0.05, 0) is 31.6 Å². The molecule has 3 rings (SSSR count). The SMILES string of the molecule is CCOC(=O)C1[C@H]2CN(C3CCCCC3)C[C@@H]12. The Hall–Kier alpha value is -0.570. The normalized spacial score (nSPS) is 37.8. The largest absolute Gasteiger partial charge is 0.466 e. The molecule has 3 heteroatoms. The average Bonchev–Trinajstić information content (AvgIpc) is 2.86. The zero-order valence-corrected chi connectivity index (χ0v) is 10.7. The summed E-state index contributed by atoms with van der Waals surface area (Å²) in [5.41, 5.74) is 0. The zero-order chi connectivity index (χ0) is 11.8. The second kappa shape index (κ2) is 4.60. The number of carbonyl (C=O) groups excluding carboxylic acids is 1. The number of carbonyl (C=O) groups is 1. The van der Waals surface area contributed by atoms with Crippen molar-refractivity contribution in [1.82, 2.24) is 4.90 Å². The van der Waals surface area contributed by atoms with Gasteiger partial charge < -0.3 is 4.74 Å². The highest BCUT2D eigenvalue weighted by atomic mass is 16.5. The summed E-state index contributed by atoms with van der Waals surface area (Å²) in [5.74, 6) is 1.55. The first-order valence-electron chi connectivity index (χ1n) is 7.22. The van der Waals surface area contributed by atoms with Crippen molar-refractivity contribution in [3.8, 4) is 0 Å². The van der Waals surface area contributed by atoms with Crippen LogP contribution in [0.2, 0.25) is 0 Å². The fraction of sp³-hybridized carbons (Fsp3) is 0.929. The van der Waals surface area contributed by atoms with Gasteiger partial charge in [-0.3, -0.25) is 9.69 Å². The summed E-state index contributed by atoms with van der Waals surface area (Å²) in [6, 6.07) is 0.819. The number of esters is 1. The van der Waals surface area contributed by atoms with Crippen molar-refractivity contribution in [2.45, 2.75) is 45.1 Å². The highest BCUT2D eigenvalue weighted by molar-refractivity contribution is 5.77. The van der Waals surface area contributed by atoms with Gasteiger partial charge in [0.1, 0.15) is 0 Å². The van der Waals surface area contributed by atoms with Gasteiger partial charge >= 0.3 is 5.97 Å². The van der Waals surface area contributed by atoms with E-state index in [4.69, 9.17) is 4.74 Å². The quantitative estimate of drug-likeness (QED) is 0.704. The standard InChI is InChI=1S/C14H23NO2/c1-2-17-14(16)13-11-8-15(9-12(11)13)10-6-4-3-5-7-10/h10-13H,2-9H2,1H3/t11-,12+,13?. The van der Waals surface area contributed by atoms with Gasteiger partial charge in [0.15, 0.2) is 0 Å². The third kappa shape index (κ3) is 2.10. The lowest BCUT2D eigenvalue weighted by Crippen LogP contribution is -2.37. The van der Waals surface area contributed by atoms with Crippen LogP contribution in [0.5, 0.6) is 0 Å². The van der Waals surface area contributed by atoms with Crippen LogP contribution in [0.15, 0.2) is 0 Å². The minimum atomic E-state index is 0.0609. The molecule has 1 heterocycles. The van der Waals surface area contributed by atoms with E-state index < -0.39 is 0 Å². The Bertz CT molecular complexity index is 287. The molecular formula is C14H23NO2. The van der Waals surface area contributed by atoms with Gasteiger partial charge in [-0.15, -0.1) is 0 Å². The monoisotopic (exact) mass is 237 g/mol. The van der Waals surface area contributed by atoms with E-state index in [1.165, 1.54) is 32.1 Å². The summed E-state index contributed by atoms with van der Waals surface area (Å²) in [7, 11) is 0. The Morgan fingerprint density at radius 1 is 1.18 bits per heavy atom. The molecular weight excluding hydrogens is 214 g/mol. The Morgan fingerprint density at radius 3 is 2.41 bits per heavy atom. The predicted molar refractivity (Wildman–Crippen MR) is 65.5 cm³/mol. The van der Waals surface area contributed by atoms with Gasteiger partial charge in [0, 0.05) is 19.1 Å². The number of piperidine rings is 1. The number of hydrogen-bond acceptors (Lipinski definition) is 3. The third-order valence-electron chi connectivity index (χ3n) is 4.87. The lowest BCUT2D eigenvalue weighted by atomic mass is 9.94. The molecule has 3 atom stereocenters. The predicted octanol–water partition coefficient (Wildman–Crippen LogP) is 2.06. The summed E-state index contributed by atoms with van der Waals surface area (Å²) in [6.07, 6.45) is 6.98. The molecule has 3 nitrogen and oxygen atoms in total. The third-order valence-corrected chi connectivity index (χ3v) is 4.87. The first kappa shape index (κ1) is 11.5. The Kier molecular flexibility index (Phi) is 3.12. The van der Waals surface area contributed by atoms with Crippen LogP contribution in [0.25, 0.3) is 0 Å². The van der Waals surface area contributed by atoms with Gasteiger partial charge in [0.25, 0.3) is 0 Å². The summed E-state index contributed by atoms with van der Waals surface area (Å²) in [5, 5.41) is 0. The van der Waals surface area contributed by atoms with Gasteiger partial charge in [-0.25, -0.2) is 0 Å². The Balaban J connectivity index is 1.49. The molecule has 0 N–H and O–H groups in total. The fourth-order valence-electron chi connectivity index (χ4n) is 3.89. The molecule has 0 amide bonds. The molecule has 1 aliphatic heterocycles. The van der Waals surface area contributed by atoms with Gasteiger partial charge in [0.05, 0.1) is 12.5 Å². The molecule has 17 heavy (non-hydrogen) atoms. The Morgan fingerprint density at radius 2 is 1.82 bits per heavy atom. The van der Waals surface area contributed by atoms with Crippen LogP contribution in [0, 0.1) is 17.8 Å². The smallest absolute Gasteiger partial charge is 0.309 e. The maximum Gasteiger partial charge on any atom is 0.309 e. The highest BCUT2D eigenvalue weighted by Gasteiger charge is 2.60. The van der Waals surface area contributed by atoms with Crippen molar-refractivity contribution in [2.75, 3.05) is 19.7 Å². The molecule has 3 fully saturated rings. The number of nitrogens with zero attached hydrogens (tertiary/aromatic N) is 1. The van der Waals surface area contributed by atoms with E-state index in [-0.39, 0.29) is 11.9 Å². The zero-order valence-electron chi connectivity index (χ0n) is 10.7. The van der Waals surface area contributed by atoms with Crippen molar-refractivity contribution in [2.24, 2.45) is 17.8 Å². The van der Waals surface area contributed by atoms with E-state index >= 15 is 0 Å². The number of fused-ring (bicyclic) bond motifs is 1. The van der Waals surface area contributed by atoms with Gasteiger partial charge in [0.2, 0.25) is 0 Å². The highest BCUT2D eigenvalue weighted by Crippen LogP contribution is 2.53. The maximum absolute atomic E-state index is 11.7. The lowest BCUT2D eigenvalue weighted by Gasteiger charge is -2.32. The molecule has 1 unspecified atom stereocenters. The first-order valence-corrected chi connectivity index (χ1v) is 7.22. The second-order valence-electron chi connectivity index (χ2n) is 5.85. The van der Waals surface area contributed by atoms with Crippen LogP contribution in [-0.2, 0) is 9.53 Å². The lowest BCUT2D eigenvalue weighted by molar-refractivity contribution is -0.145. The molecule has 3 aliphatic rings. The molecule has 0 aromatic heterocycles. The summed E-state index contributed by atoms with van der Waals surface area (Å²) >= 11 is 0. The van der Waals surface area contributed by atoms with Crippen LogP contribution in [0.3, 0.4) is 0 Å². The minimum absolute atomic E-state index is 0.0609. The van der Waals surface area contributed by atoms with Crippen LogP contribution < -0.4 is 0 Å². The topological polar surface area (TPSA) is 29.5 Å². The summed E-state index contributed by atoms with van der Waals surface area (Å²) in [4.78, 5) is 14.3. The van der Waals surface area contributed by atoms with Crippen molar-refractivity contribution in [3.05, 3.63) is 0 Å². The Labute approximate surface area is 104 Å². The molecule has 0 spiro atoms. The molecule has 2 aliphatic carbocycles. The van der Waals surface area contributed by atoms with Crippen molar-refractivity contribution < 1.29 is 9.53 Å². The van der Waals surface area contributed by atoms with Crippen molar-refractivity contribution in [3.63, 3.8) is 0 Å². The molecule has 0 bridgehead atoms. The van der Waals surface area contributed by atoms with E-state index in [1.54, 1.807) is 0 Å². The van der Waals surface area contributed by atoms with Gasteiger partial charge in [-0.1, -0.05) is 19.3 Å². The number of likely N-dealkylation sites (tertiary alicyclic amines) is 1. The molecule has 0 aromatic rings. The van der Waals surface area contributed by atoms with Crippen molar-refractivity contribution in [1.29, 1.82) is 0 Å².